The van der Waals surface area contributed by atoms with E-state index in [0.717, 1.165) is 0 Å². The van der Waals surface area contributed by atoms with E-state index in [1.165, 1.54) is 0 Å². The second-order valence-corrected chi connectivity index (χ2v) is 3.34. The van der Waals surface area contributed by atoms with Crippen LogP contribution < -0.4 is 5.73 Å². The number of rotatable bonds is 2. The molecule has 0 spiro atoms. The van der Waals surface area contributed by atoms with Crippen molar-refractivity contribution in [2.45, 2.75) is 0 Å². The van der Waals surface area contributed by atoms with E-state index in [1.807, 2.05) is 0 Å². The number of nitrogen functional groups attached to an aromatic ring is 1. The molecule has 3 aromatic rings. The van der Waals surface area contributed by atoms with Crippen LogP contribution >= 0.6 is 0 Å². The SMILES string of the molecule is Nc1nc(-n2cccn2)ncc1-n1cccn1. The highest BCUT2D eigenvalue weighted by molar-refractivity contribution is 5.51. The van der Waals surface area contributed by atoms with Gasteiger partial charge in [0.1, 0.15) is 5.69 Å². The first kappa shape index (κ1) is 9.52. The Morgan fingerprint density at radius 2 is 1.71 bits per heavy atom. The number of nitrogens with two attached hydrogens (primary N) is 1. The summed E-state index contributed by atoms with van der Waals surface area (Å²) in [5.41, 5.74) is 6.51. The highest BCUT2D eigenvalue weighted by Gasteiger charge is 2.07. The first-order chi connectivity index (χ1) is 8.34. The van der Waals surface area contributed by atoms with Crippen LogP contribution in [0.15, 0.2) is 43.1 Å². The Labute approximate surface area is 96.5 Å². The van der Waals surface area contributed by atoms with Crippen molar-refractivity contribution in [2.24, 2.45) is 0 Å². The summed E-state index contributed by atoms with van der Waals surface area (Å²) in [4.78, 5) is 8.36. The molecule has 0 fully saturated rings. The van der Waals surface area contributed by atoms with Crippen molar-refractivity contribution in [3.8, 4) is 11.6 Å². The molecule has 7 heteroatoms. The molecule has 3 aromatic heterocycles. The second kappa shape index (κ2) is 3.71. The third-order valence-electron chi connectivity index (χ3n) is 2.25. The summed E-state index contributed by atoms with van der Waals surface area (Å²) in [5, 5.41) is 8.11. The molecule has 84 valence electrons. The number of anilines is 1. The number of hydrogen-bond donors (Lipinski definition) is 1. The summed E-state index contributed by atoms with van der Waals surface area (Å²) in [5.74, 6) is 0.789. The first-order valence-electron chi connectivity index (χ1n) is 4.97. The number of hydrogen-bond acceptors (Lipinski definition) is 5. The van der Waals surface area contributed by atoms with Crippen molar-refractivity contribution in [3.63, 3.8) is 0 Å². The van der Waals surface area contributed by atoms with Crippen LogP contribution in [0.3, 0.4) is 0 Å². The van der Waals surface area contributed by atoms with Gasteiger partial charge < -0.3 is 5.73 Å². The van der Waals surface area contributed by atoms with Gasteiger partial charge >= 0.3 is 0 Å². The summed E-state index contributed by atoms with van der Waals surface area (Å²) in [6.07, 6.45) is 8.47. The molecule has 7 nitrogen and oxygen atoms in total. The molecular weight excluding hydrogens is 218 g/mol. The highest BCUT2D eigenvalue weighted by Crippen LogP contribution is 2.13. The van der Waals surface area contributed by atoms with E-state index in [2.05, 4.69) is 20.2 Å². The molecule has 0 unspecified atom stereocenters. The maximum absolute atomic E-state index is 5.87. The molecule has 0 saturated heterocycles. The maximum atomic E-state index is 5.87. The van der Waals surface area contributed by atoms with E-state index >= 15 is 0 Å². The Kier molecular flexibility index (Phi) is 2.08. The van der Waals surface area contributed by atoms with Crippen molar-refractivity contribution in [2.75, 3.05) is 5.73 Å². The molecule has 0 bridgehead atoms. The molecule has 0 saturated carbocycles. The van der Waals surface area contributed by atoms with Gasteiger partial charge in [-0.1, -0.05) is 0 Å². The van der Waals surface area contributed by atoms with Gasteiger partial charge in [-0.2, -0.15) is 15.2 Å². The lowest BCUT2D eigenvalue weighted by Gasteiger charge is -2.06. The van der Waals surface area contributed by atoms with Crippen LogP contribution in [0.4, 0.5) is 5.82 Å². The predicted octanol–water partition coefficient (Wildman–Crippen LogP) is 0.430. The summed E-state index contributed by atoms with van der Waals surface area (Å²) < 4.78 is 3.16. The Hall–Kier alpha value is -2.70. The minimum absolute atomic E-state index is 0.356. The topological polar surface area (TPSA) is 87.4 Å². The minimum Gasteiger partial charge on any atom is -0.382 e. The average molecular weight is 227 g/mol. The van der Waals surface area contributed by atoms with Crippen LogP contribution in [0.2, 0.25) is 0 Å². The minimum atomic E-state index is 0.356. The zero-order chi connectivity index (χ0) is 11.7. The monoisotopic (exact) mass is 227 g/mol. The van der Waals surface area contributed by atoms with Crippen LogP contribution in [-0.4, -0.2) is 29.5 Å². The first-order valence-corrected chi connectivity index (χ1v) is 4.97. The van der Waals surface area contributed by atoms with Crippen molar-refractivity contribution in [3.05, 3.63) is 43.1 Å². The molecule has 3 rings (SSSR count). The van der Waals surface area contributed by atoms with E-state index in [0.29, 0.717) is 17.5 Å². The zero-order valence-electron chi connectivity index (χ0n) is 8.80. The molecule has 0 aliphatic carbocycles. The van der Waals surface area contributed by atoms with E-state index in [9.17, 15) is 0 Å². The molecule has 0 atom stereocenters. The molecule has 0 aliphatic heterocycles. The van der Waals surface area contributed by atoms with Crippen molar-refractivity contribution < 1.29 is 0 Å². The van der Waals surface area contributed by atoms with Crippen molar-refractivity contribution in [1.29, 1.82) is 0 Å². The Morgan fingerprint density at radius 3 is 2.29 bits per heavy atom. The molecule has 3 heterocycles. The van der Waals surface area contributed by atoms with E-state index < -0.39 is 0 Å². The molecule has 0 aliphatic rings. The van der Waals surface area contributed by atoms with E-state index in [-0.39, 0.29) is 0 Å². The van der Waals surface area contributed by atoms with Gasteiger partial charge in [-0.15, -0.1) is 0 Å². The molecule has 0 amide bonds. The van der Waals surface area contributed by atoms with Gasteiger partial charge in [-0.3, -0.25) is 0 Å². The normalized spacial score (nSPS) is 10.6. The third kappa shape index (κ3) is 1.63. The molecule has 17 heavy (non-hydrogen) atoms. The summed E-state index contributed by atoms with van der Waals surface area (Å²) in [6.45, 7) is 0. The third-order valence-corrected chi connectivity index (χ3v) is 2.25. The van der Waals surface area contributed by atoms with Gasteiger partial charge in [0.25, 0.3) is 5.95 Å². The lowest BCUT2D eigenvalue weighted by atomic mass is 10.5. The average Bonchev–Trinajstić information content (AvgIpc) is 3.02. The van der Waals surface area contributed by atoms with Gasteiger partial charge in [-0.25, -0.2) is 14.3 Å². The smallest absolute Gasteiger partial charge is 0.252 e. The fourth-order valence-electron chi connectivity index (χ4n) is 1.46. The van der Waals surface area contributed by atoms with Gasteiger partial charge in [0.05, 0.1) is 6.20 Å². The molecule has 0 radical (unpaired) electrons. The van der Waals surface area contributed by atoms with Gasteiger partial charge in [-0.05, 0) is 12.1 Å². The van der Waals surface area contributed by atoms with Crippen LogP contribution in [-0.2, 0) is 0 Å². The summed E-state index contributed by atoms with van der Waals surface area (Å²) in [7, 11) is 0. The standard InChI is InChI=1S/C10H9N7/c11-9-8(16-5-1-3-13-16)7-12-10(15-9)17-6-2-4-14-17/h1-7H,(H2,11,12,15). The van der Waals surface area contributed by atoms with Gasteiger partial charge in [0.2, 0.25) is 0 Å². The van der Waals surface area contributed by atoms with Gasteiger partial charge in [0.15, 0.2) is 5.82 Å². The molecule has 0 aromatic carbocycles. The Morgan fingerprint density at radius 1 is 1.00 bits per heavy atom. The summed E-state index contributed by atoms with van der Waals surface area (Å²) in [6, 6.07) is 3.60. The van der Waals surface area contributed by atoms with Gasteiger partial charge in [0, 0.05) is 24.8 Å². The maximum Gasteiger partial charge on any atom is 0.252 e. The lowest BCUT2D eigenvalue weighted by Crippen LogP contribution is -2.08. The fraction of sp³-hybridized carbons (Fsp3) is 0. The van der Waals surface area contributed by atoms with Crippen LogP contribution in [0.1, 0.15) is 0 Å². The van der Waals surface area contributed by atoms with Crippen molar-refractivity contribution in [1.82, 2.24) is 29.5 Å². The van der Waals surface area contributed by atoms with Crippen molar-refractivity contribution >= 4 is 5.82 Å². The highest BCUT2D eigenvalue weighted by atomic mass is 15.3. The zero-order valence-corrected chi connectivity index (χ0v) is 8.80. The molecule has 2 N–H and O–H groups in total. The Balaban J connectivity index is 2.06. The number of aromatic nitrogens is 6. The predicted molar refractivity (Wildman–Crippen MR) is 60.7 cm³/mol. The Bertz CT molecular complexity index is 612. The quantitative estimate of drug-likeness (QED) is 0.686. The van der Waals surface area contributed by atoms with Crippen LogP contribution in [0, 0.1) is 0 Å². The lowest BCUT2D eigenvalue weighted by molar-refractivity contribution is 0.796. The van der Waals surface area contributed by atoms with E-state index in [1.54, 1.807) is 52.5 Å². The van der Waals surface area contributed by atoms with E-state index in [4.69, 9.17) is 5.73 Å². The largest absolute Gasteiger partial charge is 0.382 e. The number of nitrogens with zero attached hydrogens (tertiary/aromatic N) is 6. The second-order valence-electron chi connectivity index (χ2n) is 3.34. The summed E-state index contributed by atoms with van der Waals surface area (Å²) >= 11 is 0. The fourth-order valence-corrected chi connectivity index (χ4v) is 1.46. The van der Waals surface area contributed by atoms with Crippen LogP contribution in [0.25, 0.3) is 11.6 Å². The molecular formula is C10H9N7. The van der Waals surface area contributed by atoms with Crippen LogP contribution in [0.5, 0.6) is 0 Å².